The first-order valence-corrected chi connectivity index (χ1v) is 8.36. The third kappa shape index (κ3) is 4.03. The summed E-state index contributed by atoms with van der Waals surface area (Å²) in [5.74, 6) is 0.460. The molecular weight excluding hydrogens is 278 g/mol. The first-order chi connectivity index (χ1) is 10.1. The maximum atomic E-state index is 12.4. The molecule has 21 heavy (non-hydrogen) atoms. The van der Waals surface area contributed by atoms with Crippen LogP contribution in [0.5, 0.6) is 0 Å². The highest BCUT2D eigenvalue weighted by atomic mass is 32.2. The molecule has 0 N–H and O–H groups in total. The summed E-state index contributed by atoms with van der Waals surface area (Å²) in [6.07, 6.45) is 0. The summed E-state index contributed by atoms with van der Waals surface area (Å²) in [5, 5.41) is 9.31. The minimum Gasteiger partial charge on any atom is -0.254 e. The van der Waals surface area contributed by atoms with Crippen molar-refractivity contribution in [3.8, 4) is 6.07 Å². The van der Waals surface area contributed by atoms with Crippen LogP contribution in [0.25, 0.3) is 0 Å². The fraction of sp³-hybridized carbons (Fsp3) is 0.278. The maximum absolute atomic E-state index is 12.4. The van der Waals surface area contributed by atoms with Crippen molar-refractivity contribution in [2.45, 2.75) is 30.6 Å². The molecule has 0 aromatic heterocycles. The van der Waals surface area contributed by atoms with Crippen LogP contribution in [0.1, 0.15) is 36.8 Å². The van der Waals surface area contributed by atoms with Gasteiger partial charge < -0.3 is 0 Å². The molecule has 108 valence electrons. The largest absolute Gasteiger partial charge is 0.254 e. The number of nitrogens with zero attached hydrogens (tertiary/aromatic N) is 1. The molecule has 0 saturated heterocycles. The molecule has 0 saturated carbocycles. The smallest absolute Gasteiger partial charge is 0.0831 e. The van der Waals surface area contributed by atoms with E-state index in [1.807, 2.05) is 54.6 Å². The molecular formula is C18H19NOS. The van der Waals surface area contributed by atoms with E-state index in [0.717, 1.165) is 10.5 Å². The fourth-order valence-corrected chi connectivity index (χ4v) is 3.35. The quantitative estimate of drug-likeness (QED) is 0.829. The third-order valence-electron chi connectivity index (χ3n) is 3.49. The van der Waals surface area contributed by atoms with Crippen LogP contribution in [-0.4, -0.2) is 9.96 Å². The monoisotopic (exact) mass is 297 g/mol. The average Bonchev–Trinajstić information content (AvgIpc) is 2.53. The number of hydrogen-bond acceptors (Lipinski definition) is 2. The van der Waals surface area contributed by atoms with E-state index in [-0.39, 0.29) is 5.92 Å². The molecule has 0 heterocycles. The van der Waals surface area contributed by atoms with E-state index in [2.05, 4.69) is 19.9 Å². The first-order valence-electron chi connectivity index (χ1n) is 7.04. The van der Waals surface area contributed by atoms with Crippen molar-refractivity contribution < 1.29 is 4.21 Å². The summed E-state index contributed by atoms with van der Waals surface area (Å²) in [4.78, 5) is 0.788. The lowest BCUT2D eigenvalue weighted by molar-refractivity contribution is 0.680. The molecule has 0 radical (unpaired) electrons. The molecule has 2 aromatic rings. The van der Waals surface area contributed by atoms with Gasteiger partial charge in [-0.05, 0) is 29.2 Å². The number of nitriles is 1. The Balaban J connectivity index is 2.11. The highest BCUT2D eigenvalue weighted by Crippen LogP contribution is 2.21. The van der Waals surface area contributed by atoms with Gasteiger partial charge >= 0.3 is 0 Å². The second-order valence-electron chi connectivity index (χ2n) is 5.33. The van der Waals surface area contributed by atoms with Crippen molar-refractivity contribution in [1.29, 1.82) is 5.26 Å². The van der Waals surface area contributed by atoms with Gasteiger partial charge in [-0.25, -0.2) is 0 Å². The van der Waals surface area contributed by atoms with Crippen molar-refractivity contribution in [2.75, 3.05) is 5.75 Å². The SMILES string of the molecule is CC(C)c1ccc(S(=O)CC(C#N)c2ccccc2)cc1. The molecule has 0 bridgehead atoms. The van der Waals surface area contributed by atoms with Crippen LogP contribution < -0.4 is 0 Å². The van der Waals surface area contributed by atoms with Crippen LogP contribution >= 0.6 is 0 Å². The Hall–Kier alpha value is -1.92. The Labute approximate surface area is 128 Å². The van der Waals surface area contributed by atoms with Crippen LogP contribution in [0.2, 0.25) is 0 Å². The van der Waals surface area contributed by atoms with Crippen LogP contribution in [0.4, 0.5) is 0 Å². The van der Waals surface area contributed by atoms with Gasteiger partial charge in [0.15, 0.2) is 0 Å². The number of hydrogen-bond donors (Lipinski definition) is 0. The van der Waals surface area contributed by atoms with Gasteiger partial charge in [0.05, 0.1) is 22.8 Å². The minimum atomic E-state index is -1.16. The van der Waals surface area contributed by atoms with E-state index in [9.17, 15) is 9.47 Å². The third-order valence-corrected chi connectivity index (χ3v) is 4.92. The van der Waals surface area contributed by atoms with Crippen molar-refractivity contribution >= 4 is 10.8 Å². The first kappa shape index (κ1) is 15.5. The van der Waals surface area contributed by atoms with Gasteiger partial charge in [0.2, 0.25) is 0 Å². The van der Waals surface area contributed by atoms with Crippen LogP contribution in [0.3, 0.4) is 0 Å². The summed E-state index contributed by atoms with van der Waals surface area (Å²) in [6, 6.07) is 19.6. The lowest BCUT2D eigenvalue weighted by Crippen LogP contribution is -2.08. The molecule has 2 unspecified atom stereocenters. The molecule has 0 aliphatic heterocycles. The van der Waals surface area contributed by atoms with Gasteiger partial charge in [0, 0.05) is 10.6 Å². The van der Waals surface area contributed by atoms with Gasteiger partial charge in [-0.2, -0.15) is 5.26 Å². The standard InChI is InChI=1S/C18H19NOS/c1-14(2)15-8-10-18(11-9-15)21(20)13-17(12-19)16-6-4-3-5-7-16/h3-11,14,17H,13H2,1-2H3. The summed E-state index contributed by atoms with van der Waals surface area (Å²) in [5.41, 5.74) is 2.16. The van der Waals surface area contributed by atoms with Gasteiger partial charge in [-0.1, -0.05) is 56.3 Å². The molecule has 2 rings (SSSR count). The molecule has 0 fully saturated rings. The van der Waals surface area contributed by atoms with E-state index in [1.165, 1.54) is 5.56 Å². The van der Waals surface area contributed by atoms with E-state index in [4.69, 9.17) is 0 Å². The number of benzene rings is 2. The van der Waals surface area contributed by atoms with E-state index < -0.39 is 10.8 Å². The van der Waals surface area contributed by atoms with E-state index >= 15 is 0 Å². The highest BCUT2D eigenvalue weighted by Gasteiger charge is 2.15. The van der Waals surface area contributed by atoms with Crippen molar-refractivity contribution in [3.05, 3.63) is 65.7 Å². The lowest BCUT2D eigenvalue weighted by atomic mass is 10.0. The number of rotatable bonds is 5. The molecule has 2 atom stereocenters. The zero-order chi connectivity index (χ0) is 15.2. The molecule has 2 nitrogen and oxygen atoms in total. The Morgan fingerprint density at radius 3 is 2.14 bits per heavy atom. The van der Waals surface area contributed by atoms with Gasteiger partial charge in [0.25, 0.3) is 0 Å². The maximum Gasteiger partial charge on any atom is 0.0831 e. The van der Waals surface area contributed by atoms with Gasteiger partial charge in [-0.3, -0.25) is 4.21 Å². The summed E-state index contributed by atoms with van der Waals surface area (Å²) in [6.45, 7) is 4.26. The second kappa shape index (κ2) is 7.19. The lowest BCUT2D eigenvalue weighted by Gasteiger charge is -2.10. The Kier molecular flexibility index (Phi) is 5.30. The molecule has 0 spiro atoms. The zero-order valence-corrected chi connectivity index (χ0v) is 13.1. The van der Waals surface area contributed by atoms with Gasteiger partial charge in [-0.15, -0.1) is 0 Å². The molecule has 2 aromatic carbocycles. The van der Waals surface area contributed by atoms with Gasteiger partial charge in [0.1, 0.15) is 0 Å². The van der Waals surface area contributed by atoms with Crippen molar-refractivity contribution in [2.24, 2.45) is 0 Å². The van der Waals surface area contributed by atoms with Crippen LogP contribution in [0.15, 0.2) is 59.5 Å². The van der Waals surface area contributed by atoms with Crippen LogP contribution in [-0.2, 0) is 10.8 Å². The topological polar surface area (TPSA) is 40.9 Å². The summed E-state index contributed by atoms with van der Waals surface area (Å²) in [7, 11) is -1.16. The molecule has 0 amide bonds. The van der Waals surface area contributed by atoms with Crippen molar-refractivity contribution in [3.63, 3.8) is 0 Å². The molecule has 3 heteroatoms. The predicted molar refractivity (Wildman–Crippen MR) is 86.6 cm³/mol. The minimum absolute atomic E-state index is 0.335. The van der Waals surface area contributed by atoms with E-state index in [0.29, 0.717) is 11.7 Å². The molecule has 0 aliphatic rings. The van der Waals surface area contributed by atoms with E-state index in [1.54, 1.807) is 0 Å². The zero-order valence-electron chi connectivity index (χ0n) is 12.3. The normalized spacial score (nSPS) is 13.6. The molecule has 0 aliphatic carbocycles. The van der Waals surface area contributed by atoms with Crippen molar-refractivity contribution in [1.82, 2.24) is 0 Å². The Morgan fingerprint density at radius 1 is 1.00 bits per heavy atom. The van der Waals surface area contributed by atoms with Crippen LogP contribution in [0, 0.1) is 11.3 Å². The Morgan fingerprint density at radius 2 is 1.62 bits per heavy atom. The summed E-state index contributed by atoms with van der Waals surface area (Å²) < 4.78 is 12.4. The summed E-state index contributed by atoms with van der Waals surface area (Å²) >= 11 is 0. The fourth-order valence-electron chi connectivity index (χ4n) is 2.15. The Bertz CT molecular complexity index is 641. The predicted octanol–water partition coefficient (Wildman–Crippen LogP) is 4.22. The second-order valence-corrected chi connectivity index (χ2v) is 6.82. The average molecular weight is 297 g/mol. The highest BCUT2D eigenvalue weighted by molar-refractivity contribution is 7.85.